The van der Waals surface area contributed by atoms with Crippen molar-refractivity contribution in [3.8, 4) is 0 Å². The Hall–Kier alpha value is -0.120. The van der Waals surface area contributed by atoms with E-state index in [9.17, 15) is 5.11 Å². The van der Waals surface area contributed by atoms with E-state index in [-0.39, 0.29) is 22.7 Å². The number of rotatable bonds is 4. The van der Waals surface area contributed by atoms with E-state index in [4.69, 9.17) is 9.47 Å². The van der Waals surface area contributed by atoms with E-state index in [1.54, 1.807) is 0 Å². The van der Waals surface area contributed by atoms with E-state index >= 15 is 0 Å². The zero-order chi connectivity index (χ0) is 14.3. The first kappa shape index (κ1) is 15.3. The molecule has 0 radical (unpaired) electrons. The summed E-state index contributed by atoms with van der Waals surface area (Å²) in [6.45, 7) is 11.1. The van der Waals surface area contributed by atoms with Gasteiger partial charge < -0.3 is 14.6 Å². The maximum Gasteiger partial charge on any atom is 0.0943 e. The number of hydrogen-bond acceptors (Lipinski definition) is 3. The number of ether oxygens (including phenoxy) is 2. The molecular weight excluding hydrogens is 240 g/mol. The highest BCUT2D eigenvalue weighted by molar-refractivity contribution is 5.05. The molecule has 2 unspecified atom stereocenters. The Morgan fingerprint density at radius 2 is 1.79 bits per heavy atom. The molecule has 2 aliphatic rings. The van der Waals surface area contributed by atoms with E-state index in [0.29, 0.717) is 6.61 Å². The largest absolute Gasteiger partial charge is 0.390 e. The fraction of sp³-hybridized carbons (Fsp3) is 1.00. The normalized spacial score (nSPS) is 33.5. The lowest BCUT2D eigenvalue weighted by atomic mass is 9.75. The van der Waals surface area contributed by atoms with Crippen molar-refractivity contribution in [1.82, 2.24) is 0 Å². The van der Waals surface area contributed by atoms with Gasteiger partial charge in [0.15, 0.2) is 0 Å². The van der Waals surface area contributed by atoms with Crippen LogP contribution in [-0.4, -0.2) is 34.6 Å². The van der Waals surface area contributed by atoms with Gasteiger partial charge in [-0.05, 0) is 53.9 Å². The lowest BCUT2D eigenvalue weighted by molar-refractivity contribution is -0.158. The third-order valence-electron chi connectivity index (χ3n) is 4.95. The topological polar surface area (TPSA) is 38.7 Å². The zero-order valence-electron chi connectivity index (χ0n) is 13.2. The van der Waals surface area contributed by atoms with Crippen LogP contribution in [0.1, 0.15) is 66.7 Å². The molecule has 3 heteroatoms. The minimum Gasteiger partial charge on any atom is -0.390 e. The molecular formula is C16H30O3. The van der Waals surface area contributed by atoms with Crippen LogP contribution >= 0.6 is 0 Å². The van der Waals surface area contributed by atoms with Gasteiger partial charge in [-0.15, -0.1) is 0 Å². The van der Waals surface area contributed by atoms with Gasteiger partial charge in [-0.2, -0.15) is 0 Å². The molecule has 0 bridgehead atoms. The van der Waals surface area contributed by atoms with E-state index in [1.807, 2.05) is 6.92 Å². The molecule has 0 spiro atoms. The second-order valence-corrected chi connectivity index (χ2v) is 7.43. The quantitative estimate of drug-likeness (QED) is 0.852. The maximum absolute atomic E-state index is 11.0. The van der Waals surface area contributed by atoms with Crippen molar-refractivity contribution in [2.24, 2.45) is 5.92 Å². The third-order valence-corrected chi connectivity index (χ3v) is 4.95. The summed E-state index contributed by atoms with van der Waals surface area (Å²) < 4.78 is 12.2. The minimum atomic E-state index is -0.424. The fourth-order valence-corrected chi connectivity index (χ4v) is 4.25. The van der Waals surface area contributed by atoms with Gasteiger partial charge in [0.1, 0.15) is 0 Å². The van der Waals surface area contributed by atoms with Crippen LogP contribution in [0.15, 0.2) is 0 Å². The van der Waals surface area contributed by atoms with Crippen molar-refractivity contribution in [1.29, 1.82) is 0 Å². The first-order valence-corrected chi connectivity index (χ1v) is 7.75. The van der Waals surface area contributed by atoms with Crippen LogP contribution in [0.4, 0.5) is 0 Å². The predicted octanol–water partition coefficient (Wildman–Crippen LogP) is 3.29. The van der Waals surface area contributed by atoms with Gasteiger partial charge in [0.25, 0.3) is 0 Å². The van der Waals surface area contributed by atoms with Crippen LogP contribution in [0.5, 0.6) is 0 Å². The predicted molar refractivity (Wildman–Crippen MR) is 76.2 cm³/mol. The molecule has 1 aliphatic carbocycles. The third kappa shape index (κ3) is 2.84. The monoisotopic (exact) mass is 270 g/mol. The van der Waals surface area contributed by atoms with Crippen LogP contribution in [0, 0.1) is 5.92 Å². The summed E-state index contributed by atoms with van der Waals surface area (Å²) in [4.78, 5) is 0. The first-order valence-electron chi connectivity index (χ1n) is 7.75. The van der Waals surface area contributed by atoms with Crippen molar-refractivity contribution in [2.45, 2.75) is 89.6 Å². The lowest BCUT2D eigenvalue weighted by Gasteiger charge is -2.41. The second kappa shape index (κ2) is 5.01. The van der Waals surface area contributed by atoms with E-state index < -0.39 is 6.10 Å². The summed E-state index contributed by atoms with van der Waals surface area (Å²) in [6, 6.07) is 0. The zero-order valence-corrected chi connectivity index (χ0v) is 13.2. The van der Waals surface area contributed by atoms with Gasteiger partial charge in [0.2, 0.25) is 0 Å². The minimum absolute atomic E-state index is 0.146. The molecule has 1 saturated carbocycles. The van der Waals surface area contributed by atoms with Gasteiger partial charge in [0, 0.05) is 12.5 Å². The molecule has 2 rings (SSSR count). The van der Waals surface area contributed by atoms with E-state index in [1.165, 1.54) is 0 Å². The number of hydrogen-bond donors (Lipinski definition) is 1. The Bertz CT molecular complexity index is 316. The summed E-state index contributed by atoms with van der Waals surface area (Å²) in [5, 5.41) is 11.0. The van der Waals surface area contributed by atoms with E-state index in [0.717, 1.165) is 32.1 Å². The van der Waals surface area contributed by atoms with Crippen LogP contribution in [-0.2, 0) is 9.47 Å². The van der Waals surface area contributed by atoms with Crippen molar-refractivity contribution in [2.75, 3.05) is 6.61 Å². The smallest absolute Gasteiger partial charge is 0.0943 e. The summed E-state index contributed by atoms with van der Waals surface area (Å²) in [5.41, 5.74) is -0.767. The molecule has 1 aliphatic heterocycles. The summed E-state index contributed by atoms with van der Waals surface area (Å²) >= 11 is 0. The van der Waals surface area contributed by atoms with Gasteiger partial charge in [-0.3, -0.25) is 0 Å². The first-order chi connectivity index (χ1) is 8.72. The van der Waals surface area contributed by atoms with Gasteiger partial charge in [0.05, 0.1) is 22.9 Å². The molecule has 2 fully saturated rings. The van der Waals surface area contributed by atoms with Crippen LogP contribution in [0.25, 0.3) is 0 Å². The highest BCUT2D eigenvalue weighted by Gasteiger charge is 2.55. The Labute approximate surface area is 117 Å². The Morgan fingerprint density at radius 1 is 1.21 bits per heavy atom. The average molecular weight is 270 g/mol. The maximum atomic E-state index is 11.0. The Morgan fingerprint density at radius 3 is 2.21 bits per heavy atom. The molecule has 0 aromatic heterocycles. The van der Waals surface area contributed by atoms with Gasteiger partial charge in [-0.1, -0.05) is 12.8 Å². The van der Waals surface area contributed by atoms with Gasteiger partial charge >= 0.3 is 0 Å². The lowest BCUT2D eigenvalue weighted by Crippen LogP contribution is -2.51. The highest BCUT2D eigenvalue weighted by atomic mass is 16.5. The fourth-order valence-electron chi connectivity index (χ4n) is 4.25. The van der Waals surface area contributed by atoms with Crippen LogP contribution in [0.3, 0.4) is 0 Å². The SMILES string of the molecule is CCOC1(C(O)C2CC(C)(C)OC2(C)C)CCCC1. The molecule has 0 amide bonds. The molecule has 112 valence electrons. The summed E-state index contributed by atoms with van der Waals surface area (Å²) in [6.07, 6.45) is 4.76. The molecule has 1 N–H and O–H groups in total. The second-order valence-electron chi connectivity index (χ2n) is 7.43. The molecule has 1 heterocycles. The molecule has 0 aromatic carbocycles. The molecule has 2 atom stereocenters. The molecule has 19 heavy (non-hydrogen) atoms. The van der Waals surface area contributed by atoms with Crippen LogP contribution in [0.2, 0.25) is 0 Å². The highest BCUT2D eigenvalue weighted by Crippen LogP contribution is 2.49. The van der Waals surface area contributed by atoms with Crippen molar-refractivity contribution >= 4 is 0 Å². The van der Waals surface area contributed by atoms with Crippen molar-refractivity contribution < 1.29 is 14.6 Å². The summed E-state index contributed by atoms with van der Waals surface area (Å²) in [7, 11) is 0. The molecule has 1 saturated heterocycles. The molecule has 3 nitrogen and oxygen atoms in total. The Balaban J connectivity index is 2.20. The van der Waals surface area contributed by atoms with Crippen LogP contribution < -0.4 is 0 Å². The number of aliphatic hydroxyl groups excluding tert-OH is 1. The average Bonchev–Trinajstić information content (AvgIpc) is 2.81. The van der Waals surface area contributed by atoms with Crippen molar-refractivity contribution in [3.63, 3.8) is 0 Å². The molecule has 0 aromatic rings. The number of aliphatic hydroxyl groups is 1. The van der Waals surface area contributed by atoms with Gasteiger partial charge in [-0.25, -0.2) is 0 Å². The standard InChI is InChI=1S/C16H30O3/c1-6-18-16(9-7-8-10-16)13(17)12-11-14(2,3)19-15(12,4)5/h12-13,17H,6-11H2,1-5H3. The summed E-state index contributed by atoms with van der Waals surface area (Å²) in [5.74, 6) is 0.146. The Kier molecular flexibility index (Phi) is 4.03. The van der Waals surface area contributed by atoms with E-state index in [2.05, 4.69) is 27.7 Å². The van der Waals surface area contributed by atoms with Crippen molar-refractivity contribution in [3.05, 3.63) is 0 Å².